The SMILES string of the molecule is CO[C@H]1C[C@@H]2CC[C@@H](C)[C@@](O)(O2)C(=O)C(=O)N2CCCC[C@H]2C(=O)O[C@H]([C@H](C)C[C@@H]2CC[C@@H](OC(=O)C(C)(CO)COC(=O)CSC[C@H](NC(=O)CC[C@H](N)C(O)O)C(=O)NCC(=O)O)[C@H](OC)C2)CC(=O)[C@H](C)/C=C(\C)[C@@H](O)[C@@H](OC)C(=O)[C@H](C)C[C@H](C)/C=C/C=C/C=C/1C. The Morgan fingerprint density at radius 3 is 2.25 bits per heavy atom. The third-order valence-electron chi connectivity index (χ3n) is 18.8. The highest BCUT2D eigenvalue weighted by Crippen LogP contribution is 2.39. The van der Waals surface area contributed by atoms with E-state index in [1.54, 1.807) is 40.9 Å². The molecule has 0 aromatic rings. The Labute approximate surface area is 567 Å². The molecule has 1 saturated carbocycles. The fourth-order valence-electron chi connectivity index (χ4n) is 12.4. The Kier molecular flexibility index (Phi) is 34.2. The van der Waals surface area contributed by atoms with Gasteiger partial charge in [0.15, 0.2) is 12.1 Å². The standard InChI is InChI=1S/C68H106N4O23S/c1-38-17-13-12-14-18-39(2)52(89-9)31-46-22-20-44(7)68(88,95-46)61(81)63(83)72-26-16-15-19-49(72)65(86)93-53(32-50(74)40(3)28-43(6)59(80)60(91-11)58(79)42(5)27-38)41(4)29-45-21-24-51(54(30-45)90-10)94-66(87)67(8,36-73)37-92-57(78)35-96-34-48(62(82)70-33-56(76)77)71-55(75)25-23-47(69)64(84)85/h12-14,17-18,28,38,40-42,44-49,51-54,59-60,64,73,80,84-85,88H,15-16,19-27,29-37,69H2,1-11H3,(H,70,82)(H,71,75)(H,76,77)/b14-12+,17-13+,39-18+,43-28+/t38-,40-,41-,42-,44-,45+,46+,47+,48+,49+,51-,52+,53+,54-,59-,60+,67?,68-/m1/s1. The second-order valence-corrected chi connectivity index (χ2v) is 27.7. The summed E-state index contributed by atoms with van der Waals surface area (Å²) in [6.45, 7) is 11.4. The number of aliphatic carboxylic acids is 1. The Hall–Kier alpha value is -5.79. The van der Waals surface area contributed by atoms with Crippen molar-refractivity contribution >= 4 is 70.7 Å². The number of Topliss-reactive ketones (excluding diaryl/α,β-unsaturated/α-hetero) is 3. The Morgan fingerprint density at radius 1 is 0.896 bits per heavy atom. The van der Waals surface area contributed by atoms with Gasteiger partial charge in [-0.3, -0.25) is 43.2 Å². The van der Waals surface area contributed by atoms with Crippen molar-refractivity contribution in [1.82, 2.24) is 15.5 Å². The molecule has 1 aliphatic carbocycles. The van der Waals surface area contributed by atoms with Crippen LogP contribution in [0.15, 0.2) is 47.6 Å². The van der Waals surface area contributed by atoms with Crippen molar-refractivity contribution in [2.75, 3.05) is 59.1 Å². The van der Waals surface area contributed by atoms with E-state index in [9.17, 15) is 73.5 Å². The first-order valence-corrected chi connectivity index (χ1v) is 34.3. The van der Waals surface area contributed by atoms with Gasteiger partial charge in [-0.05, 0) is 120 Å². The Bertz CT molecular complexity index is 2780. The number of thioether (sulfide) groups is 1. The summed E-state index contributed by atoms with van der Waals surface area (Å²) in [5.41, 5.74) is 4.93. The van der Waals surface area contributed by atoms with Crippen LogP contribution in [0.5, 0.6) is 0 Å². The molecule has 542 valence electrons. The number of aliphatic hydroxyl groups excluding tert-OH is 3. The van der Waals surface area contributed by atoms with E-state index in [0.717, 1.165) is 22.2 Å². The maximum Gasteiger partial charge on any atom is 0.329 e. The van der Waals surface area contributed by atoms with Crippen molar-refractivity contribution in [3.05, 3.63) is 47.6 Å². The number of nitrogens with one attached hydrogen (secondary N) is 2. The third kappa shape index (κ3) is 24.6. The lowest BCUT2D eigenvalue weighted by atomic mass is 9.78. The van der Waals surface area contributed by atoms with E-state index in [1.807, 2.05) is 51.2 Å². The summed E-state index contributed by atoms with van der Waals surface area (Å²) in [6, 6.07) is -3.77. The molecule has 3 amide bonds. The van der Waals surface area contributed by atoms with Gasteiger partial charge in [0, 0.05) is 70.6 Å². The summed E-state index contributed by atoms with van der Waals surface area (Å²) in [5, 5.41) is 66.3. The van der Waals surface area contributed by atoms with Gasteiger partial charge in [-0.1, -0.05) is 71.1 Å². The van der Waals surface area contributed by atoms with E-state index in [0.29, 0.717) is 56.9 Å². The van der Waals surface area contributed by atoms with Crippen LogP contribution in [-0.2, 0) is 81.1 Å². The quantitative estimate of drug-likeness (QED) is 0.0233. The number of cyclic esters (lactones) is 1. The molecule has 2 bridgehead atoms. The predicted octanol–water partition coefficient (Wildman–Crippen LogP) is 3.11. The molecular formula is C68H106N4O23S. The van der Waals surface area contributed by atoms with Crippen molar-refractivity contribution in [1.29, 1.82) is 0 Å². The minimum atomic E-state index is -2.53. The van der Waals surface area contributed by atoms with Gasteiger partial charge >= 0.3 is 23.9 Å². The van der Waals surface area contributed by atoms with E-state index in [1.165, 1.54) is 21.1 Å². The fourth-order valence-corrected chi connectivity index (χ4v) is 13.2. The number of piperidine rings is 1. The number of nitrogens with two attached hydrogens (primary N) is 1. The predicted molar refractivity (Wildman–Crippen MR) is 350 cm³/mol. The van der Waals surface area contributed by atoms with Crippen LogP contribution in [0.4, 0.5) is 0 Å². The normalized spacial score (nSPS) is 32.3. The molecule has 0 aromatic carbocycles. The summed E-state index contributed by atoms with van der Waals surface area (Å²) in [5.74, 6) is -14.8. The molecule has 2 saturated heterocycles. The number of aliphatic hydroxyl groups is 5. The molecule has 0 aromatic heterocycles. The highest BCUT2D eigenvalue weighted by molar-refractivity contribution is 8.00. The molecule has 18 atom stereocenters. The number of esters is 3. The van der Waals surface area contributed by atoms with Gasteiger partial charge in [-0.15, -0.1) is 11.8 Å². The number of fused-ring (bicyclic) bond motifs is 3. The summed E-state index contributed by atoms with van der Waals surface area (Å²) < 4.78 is 41.2. The summed E-state index contributed by atoms with van der Waals surface area (Å²) >= 11 is 0.833. The molecule has 27 nitrogen and oxygen atoms in total. The zero-order valence-electron chi connectivity index (χ0n) is 57.5. The van der Waals surface area contributed by atoms with Crippen LogP contribution in [0.25, 0.3) is 0 Å². The Balaban J connectivity index is 1.55. The van der Waals surface area contributed by atoms with Crippen molar-refractivity contribution in [3.8, 4) is 0 Å². The largest absolute Gasteiger partial charge is 0.480 e. The smallest absolute Gasteiger partial charge is 0.329 e. The fraction of sp³-hybridized carbons (Fsp3) is 0.735. The highest BCUT2D eigenvalue weighted by atomic mass is 32.2. The zero-order valence-corrected chi connectivity index (χ0v) is 58.3. The second-order valence-electron chi connectivity index (χ2n) is 26.7. The monoisotopic (exact) mass is 1380 g/mol. The number of ether oxygens (including phenoxy) is 7. The first-order valence-electron chi connectivity index (χ1n) is 33.2. The molecule has 28 heteroatoms. The minimum Gasteiger partial charge on any atom is -0.480 e. The van der Waals surface area contributed by atoms with Crippen LogP contribution in [0.2, 0.25) is 0 Å². The number of allylic oxidation sites excluding steroid dienone is 6. The first kappa shape index (κ1) is 82.6. The lowest BCUT2D eigenvalue weighted by Crippen LogP contribution is -2.61. The number of carbonyl (C=O) groups is 10. The summed E-state index contributed by atoms with van der Waals surface area (Å²) in [7, 11) is 4.31. The molecule has 4 aliphatic rings. The number of hydrogen-bond donors (Lipinski definition) is 9. The lowest BCUT2D eigenvalue weighted by molar-refractivity contribution is -0.265. The van der Waals surface area contributed by atoms with Gasteiger partial charge in [0.25, 0.3) is 11.7 Å². The molecule has 3 heterocycles. The van der Waals surface area contributed by atoms with Gasteiger partial charge in [0.2, 0.25) is 17.6 Å². The molecular weight excluding hydrogens is 1270 g/mol. The number of carboxylic acid groups (broad SMARTS) is 1. The molecule has 0 radical (unpaired) electrons. The number of methoxy groups -OCH3 is 3. The van der Waals surface area contributed by atoms with Gasteiger partial charge < -0.3 is 85.1 Å². The van der Waals surface area contributed by atoms with Crippen molar-refractivity contribution < 1.29 is 112 Å². The van der Waals surface area contributed by atoms with Crippen LogP contribution in [-0.4, -0.2) is 227 Å². The average molecular weight is 1380 g/mol. The number of hydrogen-bond acceptors (Lipinski definition) is 24. The van der Waals surface area contributed by atoms with Crippen molar-refractivity contribution in [2.45, 2.75) is 218 Å². The third-order valence-corrected chi connectivity index (χ3v) is 19.8. The van der Waals surface area contributed by atoms with E-state index in [4.69, 9.17) is 44.0 Å². The number of amides is 3. The lowest BCUT2D eigenvalue weighted by Gasteiger charge is -2.42. The Morgan fingerprint density at radius 2 is 1.60 bits per heavy atom. The molecule has 4 rings (SSSR count). The maximum atomic E-state index is 14.7. The van der Waals surface area contributed by atoms with Crippen LogP contribution in [0.1, 0.15) is 145 Å². The van der Waals surface area contributed by atoms with Gasteiger partial charge in [-0.2, -0.15) is 0 Å². The molecule has 3 aliphatic heterocycles. The number of nitrogens with zero attached hydrogens (tertiary/aromatic N) is 1. The summed E-state index contributed by atoms with van der Waals surface area (Å²) in [4.78, 5) is 137. The van der Waals surface area contributed by atoms with E-state index in [2.05, 4.69) is 10.6 Å². The van der Waals surface area contributed by atoms with Crippen LogP contribution in [0.3, 0.4) is 0 Å². The minimum absolute atomic E-state index is 0.0120. The van der Waals surface area contributed by atoms with Gasteiger partial charge in [-0.25, -0.2) is 4.79 Å². The zero-order chi connectivity index (χ0) is 71.8. The van der Waals surface area contributed by atoms with Crippen LogP contribution >= 0.6 is 11.8 Å². The molecule has 3 fully saturated rings. The maximum absolute atomic E-state index is 14.7. The second kappa shape index (κ2) is 39.7. The number of ketones is 3. The number of carbonyl (C=O) groups excluding carboxylic acids is 9. The molecule has 10 N–H and O–H groups in total. The number of rotatable bonds is 23. The molecule has 0 spiro atoms. The average Bonchev–Trinajstić information content (AvgIpc) is 0.775. The molecule has 96 heavy (non-hydrogen) atoms. The number of carboxylic acids is 1. The van der Waals surface area contributed by atoms with Gasteiger partial charge in [0.05, 0.1) is 36.7 Å². The van der Waals surface area contributed by atoms with Crippen molar-refractivity contribution in [2.24, 2.45) is 46.7 Å². The highest BCUT2D eigenvalue weighted by Gasteiger charge is 2.53. The van der Waals surface area contributed by atoms with E-state index in [-0.39, 0.29) is 74.2 Å². The summed E-state index contributed by atoms with van der Waals surface area (Å²) in [6.07, 6.45) is 5.61. The van der Waals surface area contributed by atoms with Crippen LogP contribution in [0, 0.1) is 40.9 Å². The topological polar surface area (TPSA) is 410 Å². The van der Waals surface area contributed by atoms with Crippen molar-refractivity contribution in [3.63, 3.8) is 0 Å². The van der Waals surface area contributed by atoms with E-state index >= 15 is 0 Å². The van der Waals surface area contributed by atoms with Gasteiger partial charge in [0.1, 0.15) is 60.8 Å². The van der Waals surface area contributed by atoms with Crippen LogP contribution < -0.4 is 16.4 Å². The molecule has 1 unspecified atom stereocenters. The first-order chi connectivity index (χ1) is 45.2. The van der Waals surface area contributed by atoms with E-state index < -0.39 is 175 Å².